The molecule has 3 unspecified atom stereocenters. The fraction of sp³-hybridized carbons (Fsp3) is 0.804. The van der Waals surface area contributed by atoms with Crippen molar-refractivity contribution in [3.05, 3.63) is 48.6 Å². The third kappa shape index (κ3) is 40.4. The molecule has 0 rings (SSSR count). The molecule has 0 aromatic carbocycles. The maximum atomic E-state index is 13.1. The van der Waals surface area contributed by atoms with Crippen LogP contribution in [0.2, 0.25) is 0 Å². The molecule has 0 fully saturated rings. The first kappa shape index (κ1) is 54.8. The Hall–Kier alpha value is -2.18. The molecule has 0 spiro atoms. The van der Waals surface area contributed by atoms with Gasteiger partial charge in [-0.3, -0.25) is 9.59 Å². The molecule has 6 heteroatoms. The number of aliphatic hydroxyl groups excluding tert-OH is 2. The van der Waals surface area contributed by atoms with E-state index in [1.165, 1.54) is 109 Å². The molecule has 0 aromatic heterocycles. The van der Waals surface area contributed by atoms with Gasteiger partial charge in [0.15, 0.2) is 0 Å². The van der Waals surface area contributed by atoms with Gasteiger partial charge in [0.2, 0.25) is 5.91 Å². The number of aliphatic hydroxyl groups is 2. The first-order chi connectivity index (χ1) is 28.0. The van der Waals surface area contributed by atoms with E-state index in [0.717, 1.165) is 83.5 Å². The van der Waals surface area contributed by atoms with E-state index in [1.807, 2.05) is 0 Å². The molecular formula is C51H93NO5. The van der Waals surface area contributed by atoms with Gasteiger partial charge < -0.3 is 20.3 Å². The van der Waals surface area contributed by atoms with Crippen LogP contribution < -0.4 is 5.32 Å². The molecule has 6 nitrogen and oxygen atoms in total. The summed E-state index contributed by atoms with van der Waals surface area (Å²) in [7, 11) is 0. The number of allylic oxidation sites excluding steroid dienone is 8. The third-order valence-corrected chi connectivity index (χ3v) is 10.9. The number of carbonyl (C=O) groups excluding carboxylic acids is 2. The van der Waals surface area contributed by atoms with Gasteiger partial charge in [-0.25, -0.2) is 0 Å². The molecule has 0 saturated carbocycles. The van der Waals surface area contributed by atoms with Crippen LogP contribution in [0.5, 0.6) is 0 Å². The molecule has 0 aliphatic heterocycles. The molecule has 0 aliphatic rings. The lowest BCUT2D eigenvalue weighted by Gasteiger charge is -2.24. The van der Waals surface area contributed by atoms with E-state index in [-0.39, 0.29) is 24.9 Å². The van der Waals surface area contributed by atoms with Gasteiger partial charge in [0.05, 0.1) is 25.2 Å². The predicted molar refractivity (Wildman–Crippen MR) is 245 cm³/mol. The van der Waals surface area contributed by atoms with Crippen molar-refractivity contribution in [2.45, 2.75) is 257 Å². The zero-order valence-electron chi connectivity index (χ0n) is 37.7. The third-order valence-electron chi connectivity index (χ3n) is 10.9. The smallest absolute Gasteiger partial charge is 0.306 e. The monoisotopic (exact) mass is 800 g/mol. The summed E-state index contributed by atoms with van der Waals surface area (Å²) >= 11 is 0. The van der Waals surface area contributed by atoms with Crippen molar-refractivity contribution in [2.24, 2.45) is 0 Å². The summed E-state index contributed by atoms with van der Waals surface area (Å²) in [4.78, 5) is 26.0. The summed E-state index contributed by atoms with van der Waals surface area (Å²) in [6.07, 6.45) is 53.1. The minimum absolute atomic E-state index is 0.0665. The van der Waals surface area contributed by atoms with Gasteiger partial charge in [0, 0.05) is 6.42 Å². The predicted octanol–water partition coefficient (Wildman–Crippen LogP) is 14.3. The highest BCUT2D eigenvalue weighted by molar-refractivity contribution is 5.77. The summed E-state index contributed by atoms with van der Waals surface area (Å²) in [6, 6.07) is -0.704. The normalized spacial score (nSPS) is 13.7. The van der Waals surface area contributed by atoms with E-state index in [1.54, 1.807) is 0 Å². The van der Waals surface area contributed by atoms with Crippen LogP contribution >= 0.6 is 0 Å². The van der Waals surface area contributed by atoms with Gasteiger partial charge >= 0.3 is 5.97 Å². The number of amides is 1. The highest BCUT2D eigenvalue weighted by atomic mass is 16.5. The molecule has 0 heterocycles. The fourth-order valence-corrected chi connectivity index (χ4v) is 7.24. The van der Waals surface area contributed by atoms with Gasteiger partial charge in [0.25, 0.3) is 0 Å². The van der Waals surface area contributed by atoms with Crippen molar-refractivity contribution >= 4 is 11.9 Å². The molecule has 3 atom stereocenters. The second-order valence-corrected chi connectivity index (χ2v) is 16.5. The van der Waals surface area contributed by atoms with E-state index in [9.17, 15) is 19.8 Å². The Morgan fingerprint density at radius 1 is 0.526 bits per heavy atom. The average molecular weight is 800 g/mol. The number of hydrogen-bond donors (Lipinski definition) is 3. The quantitative estimate of drug-likeness (QED) is 0.0324. The minimum Gasteiger partial charge on any atom is -0.462 e. The Kier molecular flexibility index (Phi) is 43.2. The number of nitrogens with one attached hydrogen (secondary N) is 1. The summed E-state index contributed by atoms with van der Waals surface area (Å²) in [5.74, 6) is -0.506. The van der Waals surface area contributed by atoms with Crippen LogP contribution in [0.3, 0.4) is 0 Å². The molecule has 332 valence electrons. The maximum Gasteiger partial charge on any atom is 0.306 e. The first-order valence-corrected chi connectivity index (χ1v) is 24.4. The van der Waals surface area contributed by atoms with E-state index < -0.39 is 18.2 Å². The van der Waals surface area contributed by atoms with Gasteiger partial charge in [0.1, 0.15) is 6.10 Å². The van der Waals surface area contributed by atoms with Crippen LogP contribution in [0, 0.1) is 0 Å². The van der Waals surface area contributed by atoms with Crippen LogP contribution in [-0.4, -0.2) is 46.9 Å². The van der Waals surface area contributed by atoms with Gasteiger partial charge in [-0.2, -0.15) is 0 Å². The van der Waals surface area contributed by atoms with Crippen LogP contribution in [0.4, 0.5) is 0 Å². The zero-order valence-corrected chi connectivity index (χ0v) is 37.7. The van der Waals surface area contributed by atoms with Crippen LogP contribution in [0.25, 0.3) is 0 Å². The van der Waals surface area contributed by atoms with Crippen molar-refractivity contribution < 1.29 is 24.5 Å². The number of unbranched alkanes of at least 4 members (excludes halogenated alkanes) is 23. The number of hydrogen-bond acceptors (Lipinski definition) is 5. The van der Waals surface area contributed by atoms with E-state index >= 15 is 0 Å². The van der Waals surface area contributed by atoms with Crippen molar-refractivity contribution in [3.63, 3.8) is 0 Å². The fourth-order valence-electron chi connectivity index (χ4n) is 7.24. The van der Waals surface area contributed by atoms with Crippen LogP contribution in [0.1, 0.15) is 239 Å². The molecule has 0 bridgehead atoms. The Labute approximate surface area is 353 Å². The van der Waals surface area contributed by atoms with Crippen molar-refractivity contribution in [3.8, 4) is 0 Å². The second kappa shape index (κ2) is 44.9. The molecule has 0 aliphatic carbocycles. The lowest BCUT2D eigenvalue weighted by Crippen LogP contribution is -2.46. The summed E-state index contributed by atoms with van der Waals surface area (Å²) in [6.45, 7) is 6.34. The zero-order chi connectivity index (χ0) is 41.7. The molecular weight excluding hydrogens is 707 g/mol. The molecule has 0 radical (unpaired) electrons. The second-order valence-electron chi connectivity index (χ2n) is 16.5. The summed E-state index contributed by atoms with van der Waals surface area (Å²) < 4.78 is 5.91. The summed E-state index contributed by atoms with van der Waals surface area (Å²) in [5.41, 5.74) is 0. The van der Waals surface area contributed by atoms with Crippen molar-refractivity contribution in [1.82, 2.24) is 5.32 Å². The minimum atomic E-state index is -0.790. The largest absolute Gasteiger partial charge is 0.462 e. The van der Waals surface area contributed by atoms with Crippen molar-refractivity contribution in [1.29, 1.82) is 0 Å². The molecule has 3 N–H and O–H groups in total. The number of rotatable bonds is 43. The van der Waals surface area contributed by atoms with E-state index in [2.05, 4.69) is 74.7 Å². The first-order valence-electron chi connectivity index (χ1n) is 24.4. The standard InChI is InChI=1S/C51H93NO5/c1-4-7-10-13-16-19-21-23-24-25-27-29-32-35-38-41-44-51(56)57-47(42-39-36-33-31-28-26-22-20-17-14-11-8-5-2)45-50(55)52-48(46-53)49(54)43-40-37-34-30-18-15-12-9-6-3/h7,10,16,19,23-24,27,29,47-49,53-54H,4-6,8-9,11-15,17-18,20-22,25-26,28,30-46H2,1-3H3,(H,52,55)/b10-7+,19-16+,24-23+,29-27+. The molecule has 57 heavy (non-hydrogen) atoms. The highest BCUT2D eigenvalue weighted by Crippen LogP contribution is 2.18. The molecule has 1 amide bonds. The number of ether oxygens (including phenoxy) is 1. The number of esters is 1. The SMILES string of the molecule is CC/C=C/C/C=C/C/C=C/C/C=C/CCCCCC(=O)OC(CCCCCCCCCCCCCCC)CC(=O)NC(CO)C(O)CCCCCCCCCCC. The number of carbonyl (C=O) groups is 2. The maximum absolute atomic E-state index is 13.1. The van der Waals surface area contributed by atoms with Crippen LogP contribution in [0.15, 0.2) is 48.6 Å². The highest BCUT2D eigenvalue weighted by Gasteiger charge is 2.24. The van der Waals surface area contributed by atoms with Gasteiger partial charge in [-0.05, 0) is 64.2 Å². The molecule has 0 aromatic rings. The lowest BCUT2D eigenvalue weighted by atomic mass is 10.0. The van der Waals surface area contributed by atoms with E-state index in [4.69, 9.17) is 4.74 Å². The topological polar surface area (TPSA) is 95.9 Å². The summed E-state index contributed by atoms with van der Waals surface area (Å²) in [5, 5.41) is 23.6. The van der Waals surface area contributed by atoms with Crippen LogP contribution in [-0.2, 0) is 14.3 Å². The average Bonchev–Trinajstić information content (AvgIpc) is 3.20. The lowest BCUT2D eigenvalue weighted by molar-refractivity contribution is -0.151. The Morgan fingerprint density at radius 2 is 0.947 bits per heavy atom. The Balaban J connectivity index is 4.62. The van der Waals surface area contributed by atoms with Gasteiger partial charge in [-0.1, -0.05) is 211 Å². The van der Waals surface area contributed by atoms with Gasteiger partial charge in [-0.15, -0.1) is 0 Å². The Bertz CT molecular complexity index is 988. The Morgan fingerprint density at radius 3 is 1.42 bits per heavy atom. The van der Waals surface area contributed by atoms with E-state index in [0.29, 0.717) is 19.3 Å². The molecule has 0 saturated heterocycles. The van der Waals surface area contributed by atoms with Crippen molar-refractivity contribution in [2.75, 3.05) is 6.61 Å².